The highest BCUT2D eigenvalue weighted by Crippen LogP contribution is 2.33. The predicted octanol–water partition coefficient (Wildman–Crippen LogP) is 3.47. The van der Waals surface area contributed by atoms with Crippen LogP contribution in [0.1, 0.15) is 16.8 Å². The van der Waals surface area contributed by atoms with Gasteiger partial charge in [-0.05, 0) is 37.3 Å². The van der Waals surface area contributed by atoms with Crippen LogP contribution >= 0.6 is 0 Å². The summed E-state index contributed by atoms with van der Waals surface area (Å²) in [4.78, 5) is -0.698. The fraction of sp³-hybridized carbons (Fsp3) is 0.227. The van der Waals surface area contributed by atoms with Crippen molar-refractivity contribution in [1.82, 2.24) is 24.3 Å². The molecule has 170 valence electrons. The van der Waals surface area contributed by atoms with Crippen LogP contribution in [0.25, 0.3) is 23.0 Å². The minimum Gasteiger partial charge on any atom is -0.415 e. The fourth-order valence-corrected chi connectivity index (χ4v) is 5.38. The van der Waals surface area contributed by atoms with Crippen molar-refractivity contribution in [3.63, 3.8) is 0 Å². The first-order valence-electron chi connectivity index (χ1n) is 10.1. The SMILES string of the molecule is Cc1ccc(-c2nnc(-c3nn(C)c4c3CN(S(=O)(=O)c3cc(F)ccc3F)CC4)o2)cc1. The van der Waals surface area contributed by atoms with E-state index in [0.717, 1.165) is 33.3 Å². The molecule has 4 aromatic rings. The van der Waals surface area contributed by atoms with Gasteiger partial charge in [0.15, 0.2) is 5.69 Å². The Balaban J connectivity index is 1.51. The molecule has 0 amide bonds. The molecule has 0 radical (unpaired) electrons. The van der Waals surface area contributed by atoms with Gasteiger partial charge in [-0.25, -0.2) is 17.2 Å². The highest BCUT2D eigenvalue weighted by Gasteiger charge is 2.35. The topological polar surface area (TPSA) is 94.1 Å². The first-order valence-corrected chi connectivity index (χ1v) is 11.6. The number of nitrogens with zero attached hydrogens (tertiary/aromatic N) is 5. The number of sulfonamides is 1. The number of rotatable bonds is 4. The van der Waals surface area contributed by atoms with Crippen LogP contribution < -0.4 is 0 Å². The van der Waals surface area contributed by atoms with Gasteiger partial charge in [0.1, 0.15) is 16.5 Å². The minimum atomic E-state index is -4.27. The molecule has 0 bridgehead atoms. The van der Waals surface area contributed by atoms with E-state index >= 15 is 0 Å². The number of fused-ring (bicyclic) bond motifs is 1. The smallest absolute Gasteiger partial charge is 0.268 e. The maximum absolute atomic E-state index is 14.2. The van der Waals surface area contributed by atoms with Crippen LogP contribution in [0.4, 0.5) is 8.78 Å². The standard InChI is InChI=1S/C22H19F2N5O3S/c1-13-3-5-14(6-4-13)21-25-26-22(32-21)20-16-12-29(10-9-18(16)28(2)27-20)33(30,31)19-11-15(23)7-8-17(19)24/h3-8,11H,9-10,12H2,1-2H3. The highest BCUT2D eigenvalue weighted by molar-refractivity contribution is 7.89. The molecule has 0 N–H and O–H groups in total. The van der Waals surface area contributed by atoms with Gasteiger partial charge >= 0.3 is 0 Å². The van der Waals surface area contributed by atoms with Gasteiger partial charge in [-0.2, -0.15) is 9.40 Å². The van der Waals surface area contributed by atoms with Crippen molar-refractivity contribution >= 4 is 10.0 Å². The molecule has 3 heterocycles. The van der Waals surface area contributed by atoms with Crippen LogP contribution in [0.2, 0.25) is 0 Å². The Morgan fingerprint density at radius 3 is 2.52 bits per heavy atom. The molecule has 11 heteroatoms. The van der Waals surface area contributed by atoms with Crippen molar-refractivity contribution in [3.05, 3.63) is 70.9 Å². The molecular formula is C22H19F2N5O3S. The zero-order valence-electron chi connectivity index (χ0n) is 17.8. The van der Waals surface area contributed by atoms with E-state index < -0.39 is 26.6 Å². The summed E-state index contributed by atoms with van der Waals surface area (Å²) in [5, 5.41) is 12.7. The Hall–Kier alpha value is -3.44. The fourth-order valence-electron chi connectivity index (χ4n) is 3.89. The van der Waals surface area contributed by atoms with Crippen molar-refractivity contribution < 1.29 is 21.6 Å². The second-order valence-electron chi connectivity index (χ2n) is 7.84. The number of hydrogen-bond acceptors (Lipinski definition) is 6. The third-order valence-electron chi connectivity index (χ3n) is 5.64. The van der Waals surface area contributed by atoms with Gasteiger partial charge in [-0.15, -0.1) is 10.2 Å². The lowest BCUT2D eigenvalue weighted by molar-refractivity contribution is 0.382. The maximum atomic E-state index is 14.2. The summed E-state index contributed by atoms with van der Waals surface area (Å²) in [7, 11) is -2.53. The van der Waals surface area contributed by atoms with Gasteiger partial charge in [0.2, 0.25) is 15.9 Å². The Morgan fingerprint density at radius 1 is 1.03 bits per heavy atom. The van der Waals surface area contributed by atoms with Crippen molar-refractivity contribution in [3.8, 4) is 23.0 Å². The lowest BCUT2D eigenvalue weighted by Gasteiger charge is -2.26. The van der Waals surface area contributed by atoms with Crippen LogP contribution in [0, 0.1) is 18.6 Å². The van der Waals surface area contributed by atoms with E-state index in [1.54, 1.807) is 11.7 Å². The molecule has 0 fully saturated rings. The van der Waals surface area contributed by atoms with Crippen LogP contribution in [0.15, 0.2) is 51.8 Å². The summed E-state index contributed by atoms with van der Waals surface area (Å²) < 4.78 is 62.6. The molecule has 5 rings (SSSR count). The summed E-state index contributed by atoms with van der Waals surface area (Å²) in [6.45, 7) is 1.99. The molecule has 1 aliphatic rings. The molecule has 0 spiro atoms. The number of aryl methyl sites for hydroxylation is 2. The summed E-state index contributed by atoms with van der Waals surface area (Å²) >= 11 is 0. The van der Waals surface area contributed by atoms with Gasteiger partial charge < -0.3 is 4.42 Å². The molecule has 0 aliphatic carbocycles. The quantitative estimate of drug-likeness (QED) is 0.452. The number of benzene rings is 2. The Kier molecular flexibility index (Phi) is 5.09. The first-order chi connectivity index (χ1) is 15.7. The van der Waals surface area contributed by atoms with Gasteiger partial charge in [-0.1, -0.05) is 17.7 Å². The highest BCUT2D eigenvalue weighted by atomic mass is 32.2. The zero-order chi connectivity index (χ0) is 23.3. The molecule has 2 aromatic heterocycles. The molecular weight excluding hydrogens is 452 g/mol. The molecule has 0 atom stereocenters. The van der Waals surface area contributed by atoms with Crippen LogP contribution in [0.5, 0.6) is 0 Å². The van der Waals surface area contributed by atoms with E-state index in [1.165, 1.54) is 0 Å². The monoisotopic (exact) mass is 471 g/mol. The summed E-state index contributed by atoms with van der Waals surface area (Å²) in [6.07, 6.45) is 0.341. The van der Waals surface area contributed by atoms with Crippen molar-refractivity contribution in [1.29, 1.82) is 0 Å². The third kappa shape index (κ3) is 3.72. The van der Waals surface area contributed by atoms with Crippen LogP contribution in [0.3, 0.4) is 0 Å². The predicted molar refractivity (Wildman–Crippen MR) is 114 cm³/mol. The summed E-state index contributed by atoms with van der Waals surface area (Å²) in [5.41, 5.74) is 3.59. The van der Waals surface area contributed by atoms with Crippen molar-refractivity contribution in [2.75, 3.05) is 6.54 Å². The molecule has 1 aliphatic heterocycles. The molecule has 0 saturated carbocycles. The molecule has 0 unspecified atom stereocenters. The molecule has 8 nitrogen and oxygen atoms in total. The lowest BCUT2D eigenvalue weighted by Crippen LogP contribution is -2.36. The van der Waals surface area contributed by atoms with E-state index in [9.17, 15) is 17.2 Å². The second kappa shape index (κ2) is 7.85. The summed E-state index contributed by atoms with van der Waals surface area (Å²) in [6, 6.07) is 9.95. The normalized spacial score (nSPS) is 14.4. The maximum Gasteiger partial charge on any atom is 0.268 e. The van der Waals surface area contributed by atoms with Crippen LogP contribution in [-0.2, 0) is 30.0 Å². The minimum absolute atomic E-state index is 0.0843. The van der Waals surface area contributed by atoms with Gasteiger partial charge in [0, 0.05) is 43.4 Å². The molecule has 2 aromatic carbocycles. The average molecular weight is 471 g/mol. The number of halogens is 2. The van der Waals surface area contributed by atoms with Crippen molar-refractivity contribution in [2.45, 2.75) is 24.8 Å². The van der Waals surface area contributed by atoms with E-state index in [1.807, 2.05) is 31.2 Å². The lowest BCUT2D eigenvalue weighted by atomic mass is 10.1. The average Bonchev–Trinajstić information content (AvgIpc) is 3.40. The first kappa shape index (κ1) is 21.4. The van der Waals surface area contributed by atoms with Crippen molar-refractivity contribution in [2.24, 2.45) is 7.05 Å². The molecule has 0 saturated heterocycles. The molecule has 33 heavy (non-hydrogen) atoms. The second-order valence-corrected chi connectivity index (χ2v) is 9.75. The number of aromatic nitrogens is 4. The van der Waals surface area contributed by atoms with Gasteiger partial charge in [-0.3, -0.25) is 4.68 Å². The van der Waals surface area contributed by atoms with Gasteiger partial charge in [0.25, 0.3) is 5.89 Å². The zero-order valence-corrected chi connectivity index (χ0v) is 18.6. The Bertz CT molecular complexity index is 1460. The Labute approximate surface area is 188 Å². The van der Waals surface area contributed by atoms with Gasteiger partial charge in [0.05, 0.1) is 0 Å². The number of hydrogen-bond donors (Lipinski definition) is 0. The largest absolute Gasteiger partial charge is 0.415 e. The van der Waals surface area contributed by atoms with Crippen LogP contribution in [-0.4, -0.2) is 39.2 Å². The third-order valence-corrected chi connectivity index (χ3v) is 7.50. The van der Waals surface area contributed by atoms with E-state index in [2.05, 4.69) is 15.3 Å². The Morgan fingerprint density at radius 2 is 1.76 bits per heavy atom. The van der Waals surface area contributed by atoms with E-state index in [4.69, 9.17) is 4.42 Å². The van der Waals surface area contributed by atoms with E-state index in [-0.39, 0.29) is 19.0 Å². The van der Waals surface area contributed by atoms with E-state index in [0.29, 0.717) is 29.6 Å². The summed E-state index contributed by atoms with van der Waals surface area (Å²) in [5.74, 6) is -1.37.